The van der Waals surface area contributed by atoms with Crippen LogP contribution >= 0.6 is 11.6 Å². The summed E-state index contributed by atoms with van der Waals surface area (Å²) < 4.78 is 16.2. The lowest BCUT2D eigenvalue weighted by Crippen LogP contribution is -2.20. The lowest BCUT2D eigenvalue weighted by Gasteiger charge is -2.13. The molecule has 0 spiro atoms. The van der Waals surface area contributed by atoms with Crippen molar-refractivity contribution in [3.05, 3.63) is 88.2 Å². The average molecular weight is 436 g/mol. The largest absolute Gasteiger partial charge is 0.495 e. The molecule has 6 nitrogen and oxygen atoms in total. The van der Waals surface area contributed by atoms with E-state index in [1.54, 1.807) is 60.7 Å². The van der Waals surface area contributed by atoms with E-state index in [-0.39, 0.29) is 6.61 Å². The molecule has 3 aromatic carbocycles. The molecule has 0 atom stereocenters. The van der Waals surface area contributed by atoms with E-state index in [4.69, 9.17) is 25.5 Å². The molecule has 0 aliphatic rings. The Morgan fingerprint density at radius 1 is 1.00 bits per heavy atom. The van der Waals surface area contributed by atoms with Crippen LogP contribution in [0.25, 0.3) is 22.1 Å². The number of rotatable bonds is 6. The summed E-state index contributed by atoms with van der Waals surface area (Å²) in [5.74, 6) is 0.453. The quantitative estimate of drug-likeness (QED) is 0.424. The van der Waals surface area contributed by atoms with Gasteiger partial charge in [0.1, 0.15) is 17.1 Å². The second kappa shape index (κ2) is 8.93. The summed E-state index contributed by atoms with van der Waals surface area (Å²) in [6.07, 6.45) is 0. The summed E-state index contributed by atoms with van der Waals surface area (Å²) in [6, 6.07) is 21.0. The summed E-state index contributed by atoms with van der Waals surface area (Å²) in [7, 11) is 1.50. The van der Waals surface area contributed by atoms with E-state index in [2.05, 4.69) is 5.32 Å². The SMILES string of the molecule is COc1ccc(-c2cc3ccccc3oc2=O)cc1NC(=O)COc1ccccc1Cl. The average Bonchev–Trinajstić information content (AvgIpc) is 2.78. The highest BCUT2D eigenvalue weighted by Crippen LogP contribution is 2.31. The van der Waals surface area contributed by atoms with Crippen LogP contribution in [-0.2, 0) is 4.79 Å². The zero-order valence-corrected chi connectivity index (χ0v) is 17.3. The zero-order valence-electron chi connectivity index (χ0n) is 16.6. The molecule has 1 heterocycles. The van der Waals surface area contributed by atoms with Crippen molar-refractivity contribution >= 4 is 34.2 Å². The Balaban J connectivity index is 1.59. The second-order valence-corrected chi connectivity index (χ2v) is 7.07. The van der Waals surface area contributed by atoms with Gasteiger partial charge < -0.3 is 19.2 Å². The number of hydrogen-bond donors (Lipinski definition) is 1. The van der Waals surface area contributed by atoms with Crippen molar-refractivity contribution in [2.75, 3.05) is 19.0 Å². The first-order chi connectivity index (χ1) is 15.0. The minimum atomic E-state index is -0.469. The van der Waals surface area contributed by atoms with Gasteiger partial charge in [0, 0.05) is 5.39 Å². The van der Waals surface area contributed by atoms with Crippen LogP contribution in [0.1, 0.15) is 0 Å². The molecule has 4 aromatic rings. The van der Waals surface area contributed by atoms with Gasteiger partial charge in [-0.25, -0.2) is 4.79 Å². The van der Waals surface area contributed by atoms with E-state index in [9.17, 15) is 9.59 Å². The number of carbonyl (C=O) groups is 1. The van der Waals surface area contributed by atoms with Crippen molar-refractivity contribution in [1.82, 2.24) is 0 Å². The number of hydrogen-bond acceptors (Lipinski definition) is 5. The molecule has 31 heavy (non-hydrogen) atoms. The molecule has 1 amide bonds. The van der Waals surface area contributed by atoms with Gasteiger partial charge in [0.05, 0.1) is 23.4 Å². The maximum Gasteiger partial charge on any atom is 0.344 e. The van der Waals surface area contributed by atoms with Gasteiger partial charge in [-0.3, -0.25) is 4.79 Å². The van der Waals surface area contributed by atoms with E-state index in [0.29, 0.717) is 38.9 Å². The number of amides is 1. The highest BCUT2D eigenvalue weighted by molar-refractivity contribution is 6.32. The van der Waals surface area contributed by atoms with Crippen molar-refractivity contribution < 1.29 is 18.7 Å². The maximum absolute atomic E-state index is 12.5. The smallest absolute Gasteiger partial charge is 0.344 e. The molecule has 0 saturated carbocycles. The molecule has 1 aromatic heterocycles. The Morgan fingerprint density at radius 3 is 2.58 bits per heavy atom. The predicted molar refractivity (Wildman–Crippen MR) is 120 cm³/mol. The lowest BCUT2D eigenvalue weighted by molar-refractivity contribution is -0.118. The van der Waals surface area contributed by atoms with Gasteiger partial charge in [0.15, 0.2) is 6.61 Å². The highest BCUT2D eigenvalue weighted by atomic mass is 35.5. The number of ether oxygens (including phenoxy) is 2. The Kier molecular flexibility index (Phi) is 5.91. The number of nitrogens with one attached hydrogen (secondary N) is 1. The molecule has 0 aliphatic heterocycles. The number of para-hydroxylation sites is 2. The Hall–Kier alpha value is -3.77. The fourth-order valence-electron chi connectivity index (χ4n) is 3.13. The molecule has 156 valence electrons. The lowest BCUT2D eigenvalue weighted by atomic mass is 10.0. The Labute approximate surface area is 183 Å². The van der Waals surface area contributed by atoms with Gasteiger partial charge in [-0.05, 0) is 42.0 Å². The van der Waals surface area contributed by atoms with Crippen LogP contribution < -0.4 is 20.4 Å². The summed E-state index contributed by atoms with van der Waals surface area (Å²) >= 11 is 6.05. The molecular formula is C24H18ClNO5. The van der Waals surface area contributed by atoms with E-state index in [1.165, 1.54) is 7.11 Å². The first-order valence-corrected chi connectivity index (χ1v) is 9.81. The van der Waals surface area contributed by atoms with Crippen LogP contribution in [0.5, 0.6) is 11.5 Å². The molecule has 0 aliphatic carbocycles. The monoisotopic (exact) mass is 435 g/mol. The highest BCUT2D eigenvalue weighted by Gasteiger charge is 2.14. The standard InChI is InChI=1S/C24H18ClNO5/c1-29-22-11-10-15(17-12-16-6-2-4-8-20(16)31-24(17)28)13-19(22)26-23(27)14-30-21-9-5-3-7-18(21)25/h2-13H,14H2,1H3,(H,26,27). The molecule has 4 rings (SSSR count). The van der Waals surface area contributed by atoms with Crippen molar-refractivity contribution in [3.8, 4) is 22.6 Å². The molecule has 1 N–H and O–H groups in total. The summed E-state index contributed by atoms with van der Waals surface area (Å²) in [5.41, 5.74) is 1.41. The molecule has 0 radical (unpaired) electrons. The van der Waals surface area contributed by atoms with Crippen molar-refractivity contribution in [2.24, 2.45) is 0 Å². The number of fused-ring (bicyclic) bond motifs is 1. The summed E-state index contributed by atoms with van der Waals surface area (Å²) in [4.78, 5) is 24.9. The van der Waals surface area contributed by atoms with Gasteiger partial charge in [0.2, 0.25) is 0 Å². The molecule has 7 heteroatoms. The summed E-state index contributed by atoms with van der Waals surface area (Å²) in [6.45, 7) is -0.241. The first-order valence-electron chi connectivity index (χ1n) is 9.43. The van der Waals surface area contributed by atoms with Gasteiger partial charge in [-0.2, -0.15) is 0 Å². The van der Waals surface area contributed by atoms with E-state index >= 15 is 0 Å². The van der Waals surface area contributed by atoms with Crippen LogP contribution in [0.2, 0.25) is 5.02 Å². The van der Waals surface area contributed by atoms with Gasteiger partial charge >= 0.3 is 5.63 Å². The van der Waals surface area contributed by atoms with Gasteiger partial charge in [0.25, 0.3) is 5.91 Å². The minimum absolute atomic E-state index is 0.241. The van der Waals surface area contributed by atoms with Crippen LogP contribution in [0.15, 0.2) is 82.0 Å². The zero-order chi connectivity index (χ0) is 21.8. The fourth-order valence-corrected chi connectivity index (χ4v) is 3.32. The van der Waals surface area contributed by atoms with Crippen LogP contribution in [-0.4, -0.2) is 19.6 Å². The third-order valence-corrected chi connectivity index (χ3v) is 4.93. The molecule has 0 bridgehead atoms. The van der Waals surface area contributed by atoms with E-state index in [1.807, 2.05) is 12.1 Å². The van der Waals surface area contributed by atoms with Gasteiger partial charge in [-0.15, -0.1) is 0 Å². The van der Waals surface area contributed by atoms with Crippen LogP contribution in [0, 0.1) is 0 Å². The fraction of sp³-hybridized carbons (Fsp3) is 0.0833. The number of methoxy groups -OCH3 is 1. The van der Waals surface area contributed by atoms with E-state index < -0.39 is 11.5 Å². The normalized spacial score (nSPS) is 10.6. The van der Waals surface area contributed by atoms with Crippen LogP contribution in [0.3, 0.4) is 0 Å². The maximum atomic E-state index is 12.5. The Bertz CT molecular complexity index is 1310. The number of halogens is 1. The molecule has 0 unspecified atom stereocenters. The third kappa shape index (κ3) is 4.54. The summed E-state index contributed by atoms with van der Waals surface area (Å²) in [5, 5.41) is 3.97. The molecular weight excluding hydrogens is 418 g/mol. The topological polar surface area (TPSA) is 77.8 Å². The number of carbonyl (C=O) groups excluding carboxylic acids is 1. The third-order valence-electron chi connectivity index (χ3n) is 4.62. The van der Waals surface area contributed by atoms with E-state index in [0.717, 1.165) is 5.39 Å². The van der Waals surface area contributed by atoms with Crippen molar-refractivity contribution in [2.45, 2.75) is 0 Å². The van der Waals surface area contributed by atoms with Crippen molar-refractivity contribution in [3.63, 3.8) is 0 Å². The first kappa shape index (κ1) is 20.5. The van der Waals surface area contributed by atoms with Crippen LogP contribution in [0.4, 0.5) is 5.69 Å². The van der Waals surface area contributed by atoms with Crippen molar-refractivity contribution in [1.29, 1.82) is 0 Å². The number of benzene rings is 3. The van der Waals surface area contributed by atoms with Gasteiger partial charge in [-0.1, -0.05) is 48.0 Å². The number of anilines is 1. The predicted octanol–water partition coefficient (Wildman–Crippen LogP) is 5.14. The Morgan fingerprint density at radius 2 is 1.77 bits per heavy atom. The molecule has 0 saturated heterocycles. The second-order valence-electron chi connectivity index (χ2n) is 6.67. The molecule has 0 fully saturated rings. The minimum Gasteiger partial charge on any atom is -0.495 e.